The van der Waals surface area contributed by atoms with Crippen molar-refractivity contribution in [1.82, 2.24) is 10.6 Å². The monoisotopic (exact) mass is 816 g/mol. The summed E-state index contributed by atoms with van der Waals surface area (Å²) < 4.78 is 66.3. The molecular formula is C28H55N2O19P3. The Morgan fingerprint density at radius 3 is 1.87 bits per heavy atom. The number of esters is 2. The molecule has 0 spiro atoms. The van der Waals surface area contributed by atoms with Crippen molar-refractivity contribution in [2.45, 2.75) is 103 Å². The summed E-state index contributed by atoms with van der Waals surface area (Å²) in [6.45, 7) is 9.20. The number of hydrogen-bond donors (Lipinski definition) is 8. The first-order valence-electron chi connectivity index (χ1n) is 16.2. The van der Waals surface area contributed by atoms with Crippen LogP contribution in [0, 0.1) is 5.92 Å². The number of hydrogen-bond acceptors (Lipinski definition) is 14. The van der Waals surface area contributed by atoms with Gasteiger partial charge in [-0.15, -0.1) is 0 Å². The fraction of sp³-hybridized carbons (Fsp3) is 0.857. The van der Waals surface area contributed by atoms with E-state index in [1.165, 1.54) is 0 Å². The second-order valence-corrected chi connectivity index (χ2v) is 18.6. The van der Waals surface area contributed by atoms with Gasteiger partial charge < -0.3 is 59.2 Å². The Morgan fingerprint density at radius 1 is 0.750 bits per heavy atom. The molecule has 0 aliphatic rings. The van der Waals surface area contributed by atoms with Gasteiger partial charge in [-0.3, -0.25) is 37.4 Å². The number of nitrogens with one attached hydrogen (secondary N) is 2. The smallest absolute Gasteiger partial charge is 0.462 e. The van der Waals surface area contributed by atoms with Gasteiger partial charge in [-0.1, -0.05) is 20.8 Å². The van der Waals surface area contributed by atoms with Crippen molar-refractivity contribution in [3.8, 4) is 0 Å². The van der Waals surface area contributed by atoms with E-state index in [1.807, 2.05) is 0 Å². The van der Waals surface area contributed by atoms with Crippen molar-refractivity contribution in [1.29, 1.82) is 0 Å². The van der Waals surface area contributed by atoms with Crippen molar-refractivity contribution in [3.05, 3.63) is 0 Å². The van der Waals surface area contributed by atoms with Crippen LogP contribution in [0.1, 0.15) is 80.6 Å². The average molecular weight is 817 g/mol. The summed E-state index contributed by atoms with van der Waals surface area (Å²) in [6, 6.07) is 0. The molecule has 0 bridgehead atoms. The van der Waals surface area contributed by atoms with Crippen molar-refractivity contribution < 1.29 is 90.4 Å². The Hall–Kier alpha value is -1.83. The van der Waals surface area contributed by atoms with Crippen molar-refractivity contribution in [2.24, 2.45) is 5.92 Å². The van der Waals surface area contributed by atoms with E-state index >= 15 is 0 Å². The summed E-state index contributed by atoms with van der Waals surface area (Å²) in [4.78, 5) is 94.6. The number of carbonyl (C=O) groups excluding carboxylic acids is 4. The van der Waals surface area contributed by atoms with Gasteiger partial charge in [0.1, 0.15) is 13.2 Å². The zero-order chi connectivity index (χ0) is 40.6. The zero-order valence-electron chi connectivity index (χ0n) is 30.5. The SMILES string of the molecule is CCC(=O)OCC(COP(=O)(O)OCCNC(=O)CC(C)(C)OCCC(C)(C)OCC(=O)NCCCC(O)(P(=O)(O)O)P(=O)(O)O)OC(=O)C(C)C. The first-order valence-corrected chi connectivity index (χ1v) is 20.9. The summed E-state index contributed by atoms with van der Waals surface area (Å²) in [6.07, 6.45) is -2.26. The highest BCUT2D eigenvalue weighted by Gasteiger charge is 2.58. The van der Waals surface area contributed by atoms with Crippen molar-refractivity contribution in [2.75, 3.05) is 46.1 Å². The molecule has 0 aliphatic carbocycles. The topological polar surface area (TPSA) is 320 Å². The highest BCUT2D eigenvalue weighted by atomic mass is 31.2. The Balaban J connectivity index is 4.57. The van der Waals surface area contributed by atoms with Crippen molar-refractivity contribution in [3.63, 3.8) is 0 Å². The summed E-state index contributed by atoms with van der Waals surface area (Å²) in [7, 11) is -15.8. The van der Waals surface area contributed by atoms with E-state index in [9.17, 15) is 42.9 Å². The van der Waals surface area contributed by atoms with E-state index in [0.29, 0.717) is 0 Å². The van der Waals surface area contributed by atoms with Gasteiger partial charge in [0.25, 0.3) is 5.08 Å². The largest absolute Gasteiger partial charge is 0.472 e. The molecule has 0 aromatic heterocycles. The summed E-state index contributed by atoms with van der Waals surface area (Å²) in [5.41, 5.74) is -1.84. The molecular weight excluding hydrogens is 761 g/mol. The van der Waals surface area contributed by atoms with E-state index < -0.39 is 108 Å². The molecule has 0 aliphatic heterocycles. The molecule has 0 saturated heterocycles. The predicted octanol–water partition coefficient (Wildman–Crippen LogP) is 1.03. The minimum atomic E-state index is -5.59. The third kappa shape index (κ3) is 20.6. The number of rotatable bonds is 27. The quantitative estimate of drug-likeness (QED) is 0.0326. The summed E-state index contributed by atoms with van der Waals surface area (Å²) >= 11 is 0. The maximum atomic E-state index is 12.4. The third-order valence-corrected chi connectivity index (χ3v) is 11.8. The lowest BCUT2D eigenvalue weighted by Crippen LogP contribution is -2.38. The van der Waals surface area contributed by atoms with Crippen LogP contribution in [0.2, 0.25) is 0 Å². The van der Waals surface area contributed by atoms with Crippen LogP contribution >= 0.6 is 23.0 Å². The fourth-order valence-corrected chi connectivity index (χ4v) is 6.75. The summed E-state index contributed by atoms with van der Waals surface area (Å²) in [5, 5.41) is 11.2. The first-order chi connectivity index (χ1) is 23.6. The Labute approximate surface area is 302 Å². The van der Waals surface area contributed by atoms with Gasteiger partial charge in [-0.2, -0.15) is 0 Å². The average Bonchev–Trinajstić information content (AvgIpc) is 2.99. The fourth-order valence-electron chi connectivity index (χ4n) is 3.74. The maximum Gasteiger partial charge on any atom is 0.472 e. The molecule has 2 unspecified atom stereocenters. The second kappa shape index (κ2) is 21.9. The standard InChI is InChI=1S/C28H55N2O19P3/c1-8-24(33)44-17-21(49-25(34)20(2)3)18-48-52(42,43)47-15-13-30-22(31)16-27(6,7)45-14-11-26(4,5)46-19-23(32)29-12-9-10-28(35,50(36,37)38)51(39,40)41/h20-21,35H,8-19H2,1-7H3,(H,29,32)(H,30,31)(H,42,43)(H2,36,37,38)(H2,39,40,41). The molecule has 0 aromatic rings. The highest BCUT2D eigenvalue weighted by Crippen LogP contribution is 2.69. The van der Waals surface area contributed by atoms with Crippen LogP contribution in [0.15, 0.2) is 0 Å². The molecule has 52 heavy (non-hydrogen) atoms. The molecule has 8 N–H and O–H groups in total. The van der Waals surface area contributed by atoms with E-state index in [4.69, 9.17) is 47.6 Å². The second-order valence-electron chi connectivity index (χ2n) is 13.1. The molecule has 0 radical (unpaired) electrons. The molecule has 2 atom stereocenters. The molecule has 0 rings (SSSR count). The number of aliphatic hydroxyl groups is 1. The van der Waals surface area contributed by atoms with E-state index in [1.54, 1.807) is 48.5 Å². The van der Waals surface area contributed by atoms with Gasteiger partial charge in [-0.25, -0.2) is 4.57 Å². The molecule has 306 valence electrons. The van der Waals surface area contributed by atoms with Gasteiger partial charge in [0.2, 0.25) is 11.8 Å². The molecule has 21 nitrogen and oxygen atoms in total. The lowest BCUT2D eigenvalue weighted by atomic mass is 10.0. The van der Waals surface area contributed by atoms with Crippen LogP contribution in [0.4, 0.5) is 0 Å². The first kappa shape index (κ1) is 50.2. The molecule has 0 aromatic carbocycles. The van der Waals surface area contributed by atoms with Crippen molar-refractivity contribution >= 4 is 46.8 Å². The number of phosphoric ester groups is 1. The van der Waals surface area contributed by atoms with Gasteiger partial charge in [0.15, 0.2) is 6.10 Å². The van der Waals surface area contributed by atoms with Crippen LogP contribution in [0.5, 0.6) is 0 Å². The van der Waals surface area contributed by atoms with E-state index in [0.717, 1.165) is 0 Å². The van der Waals surface area contributed by atoms with Gasteiger partial charge in [0.05, 0.1) is 43.4 Å². The van der Waals surface area contributed by atoms with Gasteiger partial charge in [-0.05, 0) is 40.5 Å². The predicted molar refractivity (Wildman–Crippen MR) is 181 cm³/mol. The van der Waals surface area contributed by atoms with Crippen LogP contribution in [-0.4, -0.2) is 122 Å². The molecule has 0 fully saturated rings. The van der Waals surface area contributed by atoms with E-state index in [-0.39, 0.29) is 45.4 Å². The van der Waals surface area contributed by atoms with E-state index in [2.05, 4.69) is 10.6 Å². The number of ether oxygens (including phenoxy) is 4. The normalized spacial score (nSPS) is 14.7. The number of amides is 2. The van der Waals surface area contributed by atoms with Crippen LogP contribution in [-0.2, 0) is 60.9 Å². The third-order valence-electron chi connectivity index (χ3n) is 6.90. The Bertz CT molecular complexity index is 1290. The molecule has 2 amide bonds. The Kier molecular flexibility index (Phi) is 21.1. The lowest BCUT2D eigenvalue weighted by molar-refractivity contribution is -0.163. The maximum absolute atomic E-state index is 12.4. The van der Waals surface area contributed by atoms with Crippen LogP contribution in [0.3, 0.4) is 0 Å². The van der Waals surface area contributed by atoms with Crippen LogP contribution in [0.25, 0.3) is 0 Å². The Morgan fingerprint density at radius 2 is 1.33 bits per heavy atom. The zero-order valence-corrected chi connectivity index (χ0v) is 33.2. The lowest BCUT2D eigenvalue weighted by Gasteiger charge is -2.29. The number of carbonyl (C=O) groups is 4. The summed E-state index contributed by atoms with van der Waals surface area (Å²) in [5.74, 6) is -2.82. The van der Waals surface area contributed by atoms with Gasteiger partial charge >= 0.3 is 35.0 Å². The number of phosphoric acid groups is 1. The highest BCUT2D eigenvalue weighted by molar-refractivity contribution is 7.72. The van der Waals surface area contributed by atoms with Crippen LogP contribution < -0.4 is 10.6 Å². The molecule has 0 heterocycles. The molecule has 24 heteroatoms. The minimum absolute atomic E-state index is 0.0698. The van der Waals surface area contributed by atoms with Gasteiger partial charge in [0, 0.05) is 25.9 Å². The molecule has 0 saturated carbocycles. The minimum Gasteiger partial charge on any atom is -0.462 e.